The molecule has 1 saturated heterocycles. The van der Waals surface area contributed by atoms with Crippen molar-refractivity contribution in [1.29, 1.82) is 0 Å². The maximum absolute atomic E-state index is 12.0. The van der Waals surface area contributed by atoms with E-state index in [0.29, 0.717) is 13.1 Å². The van der Waals surface area contributed by atoms with Crippen molar-refractivity contribution in [2.75, 3.05) is 20.2 Å². The van der Waals surface area contributed by atoms with Crippen LogP contribution in [-0.2, 0) is 10.0 Å². The van der Waals surface area contributed by atoms with Crippen LogP contribution in [0.3, 0.4) is 0 Å². The Labute approximate surface area is 110 Å². The first kappa shape index (κ1) is 13.7. The summed E-state index contributed by atoms with van der Waals surface area (Å²) in [5, 5.41) is 13.8. The molecule has 1 heterocycles. The molecule has 0 radical (unpaired) electrons. The normalized spacial score (nSPS) is 15.8. The zero-order valence-corrected chi connectivity index (χ0v) is 10.9. The number of methoxy groups -OCH3 is 1. The molecular weight excluding hydrogens is 274 g/mol. The number of nitrogens with zero attached hydrogens (tertiary/aromatic N) is 1. The van der Waals surface area contributed by atoms with E-state index in [1.165, 1.54) is 19.2 Å². The molecule has 8 nitrogen and oxygen atoms in total. The van der Waals surface area contributed by atoms with Gasteiger partial charge in [0.15, 0.2) is 5.75 Å². The highest BCUT2D eigenvalue weighted by molar-refractivity contribution is 7.89. The number of hydrogen-bond donors (Lipinski definition) is 2. The molecule has 0 atom stereocenters. The van der Waals surface area contributed by atoms with Gasteiger partial charge >= 0.3 is 5.69 Å². The Morgan fingerprint density at radius 2 is 2.16 bits per heavy atom. The molecule has 0 unspecified atom stereocenters. The van der Waals surface area contributed by atoms with Gasteiger partial charge in [0.25, 0.3) is 0 Å². The second-order valence-corrected chi connectivity index (χ2v) is 5.78. The van der Waals surface area contributed by atoms with Gasteiger partial charge in [0, 0.05) is 25.2 Å². The topological polar surface area (TPSA) is 111 Å². The maximum Gasteiger partial charge on any atom is 0.312 e. The molecule has 9 heteroatoms. The van der Waals surface area contributed by atoms with E-state index in [2.05, 4.69) is 10.0 Å². The molecule has 19 heavy (non-hydrogen) atoms. The van der Waals surface area contributed by atoms with Gasteiger partial charge in [-0.2, -0.15) is 0 Å². The smallest absolute Gasteiger partial charge is 0.312 e. The van der Waals surface area contributed by atoms with Crippen LogP contribution in [0.25, 0.3) is 0 Å². The van der Waals surface area contributed by atoms with Gasteiger partial charge in [-0.3, -0.25) is 10.1 Å². The molecule has 0 saturated carbocycles. The Morgan fingerprint density at radius 3 is 2.63 bits per heavy atom. The van der Waals surface area contributed by atoms with Crippen molar-refractivity contribution in [3.63, 3.8) is 0 Å². The number of nitro benzene ring substituents is 1. The van der Waals surface area contributed by atoms with Gasteiger partial charge in [0.1, 0.15) is 0 Å². The van der Waals surface area contributed by atoms with Crippen molar-refractivity contribution in [3.8, 4) is 5.75 Å². The van der Waals surface area contributed by atoms with Crippen LogP contribution in [0, 0.1) is 10.1 Å². The molecule has 2 rings (SSSR count). The van der Waals surface area contributed by atoms with Crippen molar-refractivity contribution in [2.24, 2.45) is 0 Å². The van der Waals surface area contributed by atoms with E-state index >= 15 is 0 Å². The van der Waals surface area contributed by atoms with E-state index in [0.717, 1.165) is 6.07 Å². The first-order chi connectivity index (χ1) is 8.94. The number of nitrogens with one attached hydrogen (secondary N) is 2. The molecule has 1 aliphatic heterocycles. The summed E-state index contributed by atoms with van der Waals surface area (Å²) in [4.78, 5) is 10.0. The van der Waals surface area contributed by atoms with Gasteiger partial charge in [-0.15, -0.1) is 0 Å². The van der Waals surface area contributed by atoms with E-state index in [1.807, 2.05) is 0 Å². The first-order valence-electron chi connectivity index (χ1n) is 5.49. The summed E-state index contributed by atoms with van der Waals surface area (Å²) in [5.74, 6) is 0.0225. The summed E-state index contributed by atoms with van der Waals surface area (Å²) in [6.07, 6.45) is 0. The fourth-order valence-electron chi connectivity index (χ4n) is 1.64. The lowest BCUT2D eigenvalue weighted by Crippen LogP contribution is -2.56. The van der Waals surface area contributed by atoms with Crippen molar-refractivity contribution >= 4 is 15.7 Å². The monoisotopic (exact) mass is 287 g/mol. The fourth-order valence-corrected chi connectivity index (χ4v) is 2.89. The fraction of sp³-hybridized carbons (Fsp3) is 0.400. The van der Waals surface area contributed by atoms with Crippen molar-refractivity contribution < 1.29 is 18.1 Å². The molecule has 0 amide bonds. The average molecular weight is 287 g/mol. The minimum atomic E-state index is -3.75. The zero-order valence-electron chi connectivity index (χ0n) is 10.1. The van der Waals surface area contributed by atoms with Crippen LogP contribution < -0.4 is 14.8 Å². The van der Waals surface area contributed by atoms with Gasteiger partial charge in [-0.1, -0.05) is 0 Å². The number of rotatable bonds is 5. The SMILES string of the molecule is COc1ccc(S(=O)(=O)NC2CNC2)cc1[N+](=O)[O-]. The second kappa shape index (κ2) is 5.11. The third-order valence-corrected chi connectivity index (χ3v) is 4.28. The van der Waals surface area contributed by atoms with E-state index < -0.39 is 14.9 Å². The van der Waals surface area contributed by atoms with E-state index in [1.54, 1.807) is 0 Å². The lowest BCUT2D eigenvalue weighted by atomic mass is 10.2. The summed E-state index contributed by atoms with van der Waals surface area (Å²) in [6, 6.07) is 3.37. The van der Waals surface area contributed by atoms with Gasteiger partial charge < -0.3 is 10.1 Å². The predicted octanol–water partition coefficient (Wildman–Crippen LogP) is -0.146. The molecule has 0 aromatic heterocycles. The Morgan fingerprint density at radius 1 is 1.47 bits per heavy atom. The number of ether oxygens (including phenoxy) is 1. The van der Waals surface area contributed by atoms with Crippen LogP contribution in [0.5, 0.6) is 5.75 Å². The minimum Gasteiger partial charge on any atom is -0.490 e. The van der Waals surface area contributed by atoms with Gasteiger partial charge in [0.05, 0.1) is 16.9 Å². The van der Waals surface area contributed by atoms with Crippen LogP contribution in [0.15, 0.2) is 23.1 Å². The van der Waals surface area contributed by atoms with Crippen molar-refractivity contribution in [1.82, 2.24) is 10.0 Å². The summed E-state index contributed by atoms with van der Waals surface area (Å²) >= 11 is 0. The molecule has 2 N–H and O–H groups in total. The van der Waals surface area contributed by atoms with Crippen LogP contribution in [0.1, 0.15) is 0 Å². The lowest BCUT2D eigenvalue weighted by molar-refractivity contribution is -0.386. The third-order valence-electron chi connectivity index (χ3n) is 2.76. The highest BCUT2D eigenvalue weighted by atomic mass is 32.2. The van der Waals surface area contributed by atoms with Crippen LogP contribution >= 0.6 is 0 Å². The standard InChI is InChI=1S/C10H13N3O5S/c1-18-10-3-2-8(4-9(10)13(14)15)19(16,17)12-7-5-11-6-7/h2-4,7,11-12H,5-6H2,1H3. The molecule has 1 fully saturated rings. The third kappa shape index (κ3) is 2.83. The number of nitro groups is 1. The Hall–Kier alpha value is -1.71. The largest absolute Gasteiger partial charge is 0.490 e. The number of benzene rings is 1. The Balaban J connectivity index is 2.33. The Bertz CT molecular complexity index is 597. The number of sulfonamides is 1. The lowest BCUT2D eigenvalue weighted by Gasteiger charge is -2.27. The highest BCUT2D eigenvalue weighted by Crippen LogP contribution is 2.29. The van der Waals surface area contributed by atoms with Crippen LogP contribution in [0.2, 0.25) is 0 Å². The highest BCUT2D eigenvalue weighted by Gasteiger charge is 2.26. The predicted molar refractivity (Wildman–Crippen MR) is 66.6 cm³/mol. The molecule has 1 aromatic carbocycles. The summed E-state index contributed by atoms with van der Waals surface area (Å²) < 4.78 is 31.3. The summed E-state index contributed by atoms with van der Waals surface area (Å²) in [6.45, 7) is 1.11. The van der Waals surface area contributed by atoms with Gasteiger partial charge in [0.2, 0.25) is 10.0 Å². The second-order valence-electron chi connectivity index (χ2n) is 4.07. The van der Waals surface area contributed by atoms with Crippen LogP contribution in [-0.4, -0.2) is 39.6 Å². The quantitative estimate of drug-likeness (QED) is 0.575. The van der Waals surface area contributed by atoms with Crippen molar-refractivity contribution in [2.45, 2.75) is 10.9 Å². The van der Waals surface area contributed by atoms with E-state index in [9.17, 15) is 18.5 Å². The molecule has 1 aliphatic rings. The van der Waals surface area contributed by atoms with E-state index in [-0.39, 0.29) is 22.4 Å². The molecule has 0 aliphatic carbocycles. The molecular formula is C10H13N3O5S. The maximum atomic E-state index is 12.0. The first-order valence-corrected chi connectivity index (χ1v) is 6.98. The van der Waals surface area contributed by atoms with Gasteiger partial charge in [-0.05, 0) is 12.1 Å². The summed E-state index contributed by atoms with van der Waals surface area (Å²) in [5.41, 5.74) is -0.378. The molecule has 104 valence electrons. The average Bonchev–Trinajstić information content (AvgIpc) is 2.33. The number of hydrogen-bond acceptors (Lipinski definition) is 6. The summed E-state index contributed by atoms with van der Waals surface area (Å²) in [7, 11) is -2.46. The molecule has 0 spiro atoms. The minimum absolute atomic E-state index is 0.0225. The molecule has 0 bridgehead atoms. The molecule has 1 aromatic rings. The van der Waals surface area contributed by atoms with E-state index in [4.69, 9.17) is 4.74 Å². The van der Waals surface area contributed by atoms with Gasteiger partial charge in [-0.25, -0.2) is 13.1 Å². The zero-order chi connectivity index (χ0) is 14.0. The van der Waals surface area contributed by atoms with Crippen molar-refractivity contribution in [3.05, 3.63) is 28.3 Å². The Kier molecular flexibility index (Phi) is 3.69. The van der Waals surface area contributed by atoms with Crippen LogP contribution in [0.4, 0.5) is 5.69 Å².